The number of ether oxygens (including phenoxy) is 1. The number of oxazole rings is 1. The summed E-state index contributed by atoms with van der Waals surface area (Å²) in [5.74, 6) is 1.07. The first-order valence-electron chi connectivity index (χ1n) is 7.56. The number of nitrogens with zero attached hydrogens (tertiary/aromatic N) is 2. The Kier molecular flexibility index (Phi) is 3.75. The van der Waals surface area contributed by atoms with E-state index in [1.54, 1.807) is 31.4 Å². The number of rotatable bonds is 3. The Bertz CT molecular complexity index is 923. The summed E-state index contributed by atoms with van der Waals surface area (Å²) in [6.45, 7) is 6.26. The third-order valence-corrected chi connectivity index (χ3v) is 3.83. The summed E-state index contributed by atoms with van der Waals surface area (Å²) in [6, 6.07) is 8.52. The van der Waals surface area contributed by atoms with Gasteiger partial charge in [0.1, 0.15) is 17.0 Å². The number of aromatic nitrogens is 1. The molecule has 0 spiro atoms. The van der Waals surface area contributed by atoms with Crippen LogP contribution in [-0.2, 0) is 5.41 Å². The molecule has 0 aliphatic rings. The van der Waals surface area contributed by atoms with E-state index in [2.05, 4.69) is 30.9 Å². The van der Waals surface area contributed by atoms with Crippen molar-refractivity contribution in [3.63, 3.8) is 0 Å². The van der Waals surface area contributed by atoms with E-state index in [1.165, 1.54) is 0 Å². The zero-order chi connectivity index (χ0) is 17.5. The van der Waals surface area contributed by atoms with Crippen LogP contribution < -0.4 is 10.5 Å². The number of benzene rings is 2. The van der Waals surface area contributed by atoms with E-state index >= 15 is 0 Å². The summed E-state index contributed by atoms with van der Waals surface area (Å²) < 4.78 is 11.5. The van der Waals surface area contributed by atoms with Crippen LogP contribution in [-0.4, -0.2) is 12.1 Å². The molecule has 0 aliphatic carbocycles. The number of anilines is 1. The molecular weight excluding hydrogens is 306 g/mol. The van der Waals surface area contributed by atoms with Gasteiger partial charge < -0.3 is 14.9 Å². The van der Waals surface area contributed by atoms with E-state index in [-0.39, 0.29) is 5.41 Å². The summed E-state index contributed by atoms with van der Waals surface area (Å²) in [5.41, 5.74) is 9.60. The minimum atomic E-state index is -0.157. The largest absolute Gasteiger partial charge is 0.496 e. The van der Waals surface area contributed by atoms with Crippen molar-refractivity contribution in [1.29, 1.82) is 0 Å². The zero-order valence-corrected chi connectivity index (χ0v) is 14.1. The van der Waals surface area contributed by atoms with Gasteiger partial charge in [0.05, 0.1) is 12.7 Å². The van der Waals surface area contributed by atoms with Crippen LogP contribution in [0.2, 0.25) is 0 Å². The Morgan fingerprint density at radius 3 is 2.58 bits per heavy atom. The van der Waals surface area contributed by atoms with E-state index in [9.17, 15) is 4.91 Å². The van der Waals surface area contributed by atoms with Crippen LogP contribution in [0.4, 0.5) is 11.4 Å². The van der Waals surface area contributed by atoms with Crippen molar-refractivity contribution >= 4 is 22.5 Å². The molecule has 0 amide bonds. The fourth-order valence-corrected chi connectivity index (χ4v) is 2.67. The number of nitrogens with two attached hydrogens (primary N) is 1. The zero-order valence-electron chi connectivity index (χ0n) is 14.1. The molecule has 1 heterocycles. The van der Waals surface area contributed by atoms with Gasteiger partial charge in [0.25, 0.3) is 0 Å². The van der Waals surface area contributed by atoms with Gasteiger partial charge >= 0.3 is 0 Å². The Hall–Kier alpha value is -2.89. The minimum Gasteiger partial charge on any atom is -0.496 e. The van der Waals surface area contributed by atoms with E-state index in [0.29, 0.717) is 39.7 Å². The summed E-state index contributed by atoms with van der Waals surface area (Å²) in [5, 5.41) is 2.92. The maximum atomic E-state index is 10.7. The van der Waals surface area contributed by atoms with Gasteiger partial charge in [-0.1, -0.05) is 20.8 Å². The first kappa shape index (κ1) is 16.0. The van der Waals surface area contributed by atoms with Crippen molar-refractivity contribution in [2.45, 2.75) is 26.2 Å². The van der Waals surface area contributed by atoms with Gasteiger partial charge in [0.2, 0.25) is 5.89 Å². The molecule has 0 saturated carbocycles. The van der Waals surface area contributed by atoms with Crippen molar-refractivity contribution in [2.75, 3.05) is 12.8 Å². The molecule has 0 aliphatic heterocycles. The lowest BCUT2D eigenvalue weighted by molar-refractivity contribution is 0.398. The standard InChI is InChI=1S/C18H19N3O3/c1-18(2,3)13-8-10(19)7-12(16(13)23-4)17-20-14-9-11(21-22)5-6-15(14)24-17/h5-9H,19H2,1-4H3. The van der Waals surface area contributed by atoms with Gasteiger partial charge in [-0.05, 0) is 40.9 Å². The molecule has 3 rings (SSSR count). The van der Waals surface area contributed by atoms with Crippen molar-refractivity contribution in [1.82, 2.24) is 4.98 Å². The number of hydrogen-bond donors (Lipinski definition) is 1. The van der Waals surface area contributed by atoms with Crippen molar-refractivity contribution < 1.29 is 9.15 Å². The molecule has 0 atom stereocenters. The van der Waals surface area contributed by atoms with Gasteiger partial charge in [-0.15, -0.1) is 4.91 Å². The highest BCUT2D eigenvalue weighted by Gasteiger charge is 2.24. The molecule has 0 bridgehead atoms. The molecule has 0 unspecified atom stereocenters. The maximum absolute atomic E-state index is 10.7. The van der Waals surface area contributed by atoms with Gasteiger partial charge in [0.15, 0.2) is 5.58 Å². The normalized spacial score (nSPS) is 11.7. The Labute approximate surface area is 139 Å². The van der Waals surface area contributed by atoms with Crippen LogP contribution in [0.25, 0.3) is 22.6 Å². The number of methoxy groups -OCH3 is 1. The summed E-state index contributed by atoms with van der Waals surface area (Å²) >= 11 is 0. The molecule has 1 aromatic heterocycles. The lowest BCUT2D eigenvalue weighted by Gasteiger charge is -2.24. The molecule has 6 nitrogen and oxygen atoms in total. The van der Waals surface area contributed by atoms with E-state index in [1.807, 2.05) is 6.07 Å². The molecular formula is C18H19N3O3. The number of hydrogen-bond acceptors (Lipinski definition) is 6. The fraction of sp³-hybridized carbons (Fsp3) is 0.278. The smallest absolute Gasteiger partial charge is 0.231 e. The SMILES string of the molecule is COc1c(-c2nc3cc(N=O)ccc3o2)cc(N)cc1C(C)(C)C. The van der Waals surface area contributed by atoms with Crippen LogP contribution >= 0.6 is 0 Å². The highest BCUT2D eigenvalue weighted by atomic mass is 16.5. The van der Waals surface area contributed by atoms with Crippen LogP contribution in [0.5, 0.6) is 5.75 Å². The molecule has 124 valence electrons. The van der Waals surface area contributed by atoms with Crippen molar-refractivity contribution in [2.24, 2.45) is 5.18 Å². The van der Waals surface area contributed by atoms with Gasteiger partial charge in [-0.25, -0.2) is 4.98 Å². The lowest BCUT2D eigenvalue weighted by Crippen LogP contribution is -2.14. The average Bonchev–Trinajstić information content (AvgIpc) is 2.95. The minimum absolute atomic E-state index is 0.157. The Balaban J connectivity index is 2.25. The molecule has 2 N–H and O–H groups in total. The highest BCUT2D eigenvalue weighted by Crippen LogP contribution is 2.41. The van der Waals surface area contributed by atoms with Crippen LogP contribution in [0, 0.1) is 4.91 Å². The second-order valence-corrected chi connectivity index (χ2v) is 6.66. The number of nitroso groups, excluding NO2 is 1. The lowest BCUT2D eigenvalue weighted by atomic mass is 9.84. The summed E-state index contributed by atoms with van der Waals surface area (Å²) in [6.07, 6.45) is 0. The highest BCUT2D eigenvalue weighted by molar-refractivity contribution is 5.81. The summed E-state index contributed by atoms with van der Waals surface area (Å²) in [7, 11) is 1.61. The molecule has 0 fully saturated rings. The summed E-state index contributed by atoms with van der Waals surface area (Å²) in [4.78, 5) is 15.1. The van der Waals surface area contributed by atoms with E-state index < -0.39 is 0 Å². The molecule has 0 radical (unpaired) electrons. The van der Waals surface area contributed by atoms with Gasteiger partial charge in [0, 0.05) is 11.3 Å². The van der Waals surface area contributed by atoms with Crippen molar-refractivity contribution in [3.05, 3.63) is 40.8 Å². The van der Waals surface area contributed by atoms with Crippen LogP contribution in [0.15, 0.2) is 39.9 Å². The van der Waals surface area contributed by atoms with Crippen molar-refractivity contribution in [3.8, 4) is 17.2 Å². The predicted octanol–water partition coefficient (Wildman–Crippen LogP) is 4.78. The molecule has 6 heteroatoms. The maximum Gasteiger partial charge on any atom is 0.231 e. The number of fused-ring (bicyclic) bond motifs is 1. The number of nitrogen functional groups attached to an aromatic ring is 1. The quantitative estimate of drug-likeness (QED) is 0.552. The Morgan fingerprint density at radius 2 is 1.96 bits per heavy atom. The molecule has 0 saturated heterocycles. The molecule has 2 aromatic carbocycles. The predicted molar refractivity (Wildman–Crippen MR) is 94.6 cm³/mol. The van der Waals surface area contributed by atoms with E-state index in [4.69, 9.17) is 14.9 Å². The first-order valence-corrected chi connectivity index (χ1v) is 7.56. The van der Waals surface area contributed by atoms with Gasteiger partial charge in [-0.2, -0.15) is 0 Å². The average molecular weight is 325 g/mol. The third kappa shape index (κ3) is 2.71. The second kappa shape index (κ2) is 5.63. The topological polar surface area (TPSA) is 90.7 Å². The fourth-order valence-electron chi connectivity index (χ4n) is 2.67. The van der Waals surface area contributed by atoms with Crippen LogP contribution in [0.3, 0.4) is 0 Å². The van der Waals surface area contributed by atoms with E-state index in [0.717, 1.165) is 5.56 Å². The molecule has 24 heavy (non-hydrogen) atoms. The van der Waals surface area contributed by atoms with Crippen LogP contribution in [0.1, 0.15) is 26.3 Å². The third-order valence-electron chi connectivity index (χ3n) is 3.83. The first-order chi connectivity index (χ1) is 11.3. The van der Waals surface area contributed by atoms with Gasteiger partial charge in [-0.3, -0.25) is 0 Å². The second-order valence-electron chi connectivity index (χ2n) is 6.66. The molecule has 3 aromatic rings. The monoisotopic (exact) mass is 325 g/mol. The Morgan fingerprint density at radius 1 is 1.21 bits per heavy atom.